The third-order valence-corrected chi connectivity index (χ3v) is 3.92. The summed E-state index contributed by atoms with van der Waals surface area (Å²) >= 11 is 11.7. The fourth-order valence-electron chi connectivity index (χ4n) is 2.21. The molecule has 3 N–H and O–H groups in total. The fraction of sp³-hybridized carbons (Fsp3) is 0.100. The second kappa shape index (κ2) is 18.2. The van der Waals surface area contributed by atoms with Crippen molar-refractivity contribution >= 4 is 57.4 Å². The topological polar surface area (TPSA) is 156 Å². The molecule has 2 heterocycles. The summed E-state index contributed by atoms with van der Waals surface area (Å²) in [5.41, 5.74) is 1.57. The molecule has 2 aromatic heterocycles. The summed E-state index contributed by atoms with van der Waals surface area (Å²) < 4.78 is 10.6. The summed E-state index contributed by atoms with van der Waals surface area (Å²) in [6, 6.07) is 15.4. The molecule has 0 unspecified atom stereocenters. The van der Waals surface area contributed by atoms with Crippen LogP contribution in [0, 0.1) is 0 Å². The van der Waals surface area contributed by atoms with E-state index in [0.717, 1.165) is 34.1 Å². The summed E-state index contributed by atoms with van der Waals surface area (Å²) in [4.78, 5) is 32.5. The number of fused-ring (bicyclic) bond motifs is 2. The Labute approximate surface area is 198 Å². The van der Waals surface area contributed by atoms with Gasteiger partial charge in [0.05, 0.1) is 16.3 Å². The summed E-state index contributed by atoms with van der Waals surface area (Å²) in [5.74, 6) is 0.984. The molecule has 0 aliphatic rings. The summed E-state index contributed by atoms with van der Waals surface area (Å²) in [5, 5.41) is 3.49. The average Bonchev–Trinajstić information content (AvgIpc) is 3.31. The maximum atomic E-state index is 8.12. The van der Waals surface area contributed by atoms with Crippen LogP contribution in [0.15, 0.2) is 63.6 Å². The van der Waals surface area contributed by atoms with Crippen molar-refractivity contribution in [3.63, 3.8) is 0 Å². The van der Waals surface area contributed by atoms with Crippen LogP contribution < -0.4 is 18.9 Å². The number of halogens is 2. The van der Waals surface area contributed by atoms with E-state index in [1.54, 1.807) is 6.26 Å². The van der Waals surface area contributed by atoms with Crippen LogP contribution in [0.2, 0.25) is 10.0 Å². The van der Waals surface area contributed by atoms with Gasteiger partial charge in [-0.3, -0.25) is 0 Å². The molecule has 31 heavy (non-hydrogen) atoms. The summed E-state index contributed by atoms with van der Waals surface area (Å²) in [7, 11) is 0. The van der Waals surface area contributed by atoms with Gasteiger partial charge in [-0.15, -0.1) is 0 Å². The largest absolute Gasteiger partial charge is 1.00 e. The van der Waals surface area contributed by atoms with Gasteiger partial charge in [-0.25, -0.2) is 0 Å². The van der Waals surface area contributed by atoms with Crippen molar-refractivity contribution in [2.45, 2.75) is 13.3 Å². The minimum Gasteiger partial charge on any atom is -0.870 e. The van der Waals surface area contributed by atoms with E-state index in [9.17, 15) is 0 Å². The molecule has 0 spiro atoms. The monoisotopic (exact) mass is 462 g/mol. The molecule has 8 nitrogen and oxygen atoms in total. The molecule has 2 aromatic carbocycles. The SMILES string of the molecule is CCc1cc2cccc(Cl)c2o1.Clc1cccc2ccoc12.O.O=C=O.O=C=O.[Li+].[OH-]. The fourth-order valence-corrected chi connectivity index (χ4v) is 2.66. The van der Waals surface area contributed by atoms with Crippen molar-refractivity contribution in [3.05, 3.63) is 70.6 Å². The van der Waals surface area contributed by atoms with Crippen LogP contribution in [-0.2, 0) is 25.6 Å². The summed E-state index contributed by atoms with van der Waals surface area (Å²) in [6.07, 6.45) is 3.04. The van der Waals surface area contributed by atoms with Crippen LogP contribution in [0.1, 0.15) is 12.7 Å². The molecular formula is C20H17Cl2LiO8. The van der Waals surface area contributed by atoms with E-state index in [4.69, 9.17) is 51.2 Å². The zero-order valence-electron chi connectivity index (χ0n) is 16.6. The van der Waals surface area contributed by atoms with E-state index in [0.29, 0.717) is 10.0 Å². The van der Waals surface area contributed by atoms with Crippen LogP contribution in [0.3, 0.4) is 0 Å². The van der Waals surface area contributed by atoms with Crippen LogP contribution in [0.5, 0.6) is 0 Å². The second-order valence-corrected chi connectivity index (χ2v) is 5.78. The number of hydrogen-bond acceptors (Lipinski definition) is 7. The third kappa shape index (κ3) is 10.3. The zero-order valence-corrected chi connectivity index (χ0v) is 18.1. The quantitative estimate of drug-likeness (QED) is 0.388. The van der Waals surface area contributed by atoms with Gasteiger partial charge in [-0.1, -0.05) is 54.4 Å². The number of para-hydroxylation sites is 2. The van der Waals surface area contributed by atoms with Crippen LogP contribution in [0.4, 0.5) is 0 Å². The van der Waals surface area contributed by atoms with Gasteiger partial charge in [0.1, 0.15) is 5.76 Å². The smallest absolute Gasteiger partial charge is 0.870 e. The molecule has 160 valence electrons. The molecule has 0 fully saturated rings. The van der Waals surface area contributed by atoms with Crippen LogP contribution in [0.25, 0.3) is 21.9 Å². The van der Waals surface area contributed by atoms with E-state index in [1.165, 1.54) is 0 Å². The Morgan fingerprint density at radius 1 is 0.839 bits per heavy atom. The van der Waals surface area contributed by atoms with Crippen LogP contribution in [-0.4, -0.2) is 23.3 Å². The molecule has 0 bridgehead atoms. The van der Waals surface area contributed by atoms with Crippen molar-refractivity contribution in [1.29, 1.82) is 0 Å². The van der Waals surface area contributed by atoms with Crippen molar-refractivity contribution in [2.24, 2.45) is 0 Å². The van der Waals surface area contributed by atoms with E-state index in [2.05, 4.69) is 6.92 Å². The van der Waals surface area contributed by atoms with E-state index >= 15 is 0 Å². The first-order valence-corrected chi connectivity index (χ1v) is 8.55. The maximum absolute atomic E-state index is 8.12. The minimum absolute atomic E-state index is 0. The second-order valence-electron chi connectivity index (χ2n) is 4.97. The molecular weight excluding hydrogens is 446 g/mol. The van der Waals surface area contributed by atoms with E-state index in [1.807, 2.05) is 48.5 Å². The zero-order chi connectivity index (χ0) is 20.9. The Morgan fingerprint density at radius 2 is 1.32 bits per heavy atom. The van der Waals surface area contributed by atoms with Gasteiger partial charge in [0, 0.05) is 17.2 Å². The Bertz CT molecular complexity index is 1080. The number of furan rings is 2. The first-order valence-electron chi connectivity index (χ1n) is 7.79. The van der Waals surface area contributed by atoms with Gasteiger partial charge in [0.25, 0.3) is 0 Å². The number of hydrogen-bond donors (Lipinski definition) is 0. The Balaban J connectivity index is -0.000000378. The molecule has 11 heteroatoms. The average molecular weight is 463 g/mol. The van der Waals surface area contributed by atoms with Gasteiger partial charge in [0.15, 0.2) is 11.2 Å². The summed E-state index contributed by atoms with van der Waals surface area (Å²) in [6.45, 7) is 2.06. The molecule has 0 saturated carbocycles. The van der Waals surface area contributed by atoms with Crippen molar-refractivity contribution in [2.75, 3.05) is 0 Å². The first kappa shape index (κ1) is 33.0. The third-order valence-electron chi connectivity index (χ3n) is 3.33. The van der Waals surface area contributed by atoms with Crippen molar-refractivity contribution < 1.29 is 57.8 Å². The molecule has 0 aliphatic heterocycles. The number of benzene rings is 2. The van der Waals surface area contributed by atoms with Crippen molar-refractivity contribution in [1.82, 2.24) is 0 Å². The van der Waals surface area contributed by atoms with Gasteiger partial charge in [-0.05, 0) is 24.3 Å². The first-order chi connectivity index (χ1) is 13.5. The molecule has 0 radical (unpaired) electrons. The Morgan fingerprint density at radius 3 is 1.77 bits per heavy atom. The van der Waals surface area contributed by atoms with Gasteiger partial charge in [-0.2, -0.15) is 19.2 Å². The number of rotatable bonds is 1. The van der Waals surface area contributed by atoms with E-state index < -0.39 is 0 Å². The number of carbonyl (C=O) groups excluding carboxylic acids is 4. The predicted octanol–water partition coefficient (Wildman–Crippen LogP) is 1.57. The maximum Gasteiger partial charge on any atom is 1.00 e. The number of aryl methyl sites for hydroxylation is 1. The van der Waals surface area contributed by atoms with Gasteiger partial charge >= 0.3 is 31.2 Å². The Hall–Kier alpha value is -2.62. The molecule has 4 rings (SSSR count). The minimum atomic E-state index is 0. The molecule has 0 saturated heterocycles. The van der Waals surface area contributed by atoms with Gasteiger partial charge < -0.3 is 19.8 Å². The molecule has 0 atom stereocenters. The molecule has 4 aromatic rings. The van der Waals surface area contributed by atoms with Crippen molar-refractivity contribution in [3.8, 4) is 0 Å². The Kier molecular flexibility index (Phi) is 19.4. The standard InChI is InChI=1S/C10H9ClO.C8H5ClO.2CO2.Li.2H2O/c1-2-8-6-7-4-3-5-9(11)10(7)12-8;9-7-3-1-2-6-4-5-10-8(6)7;2*2-1-3;;;/h3-6H,2H2,1H3;1-5H;;;;2*1H2/q;;;;+1;;/p-1. The molecule has 0 aliphatic carbocycles. The predicted molar refractivity (Wildman–Crippen MR) is 107 cm³/mol. The van der Waals surface area contributed by atoms with Gasteiger partial charge in [0.2, 0.25) is 0 Å². The molecule has 0 amide bonds. The van der Waals surface area contributed by atoms with Crippen LogP contribution >= 0.6 is 23.2 Å². The van der Waals surface area contributed by atoms with E-state index in [-0.39, 0.29) is 42.1 Å². The normalized spacial score (nSPS) is 8.10.